The van der Waals surface area contributed by atoms with Crippen molar-refractivity contribution in [2.75, 3.05) is 13.2 Å². The molecule has 6 rings (SSSR count). The number of aromatic nitrogens is 1. The van der Waals surface area contributed by atoms with Gasteiger partial charge in [0.05, 0.1) is 0 Å². The molecule has 0 bridgehead atoms. The first-order valence-electron chi connectivity index (χ1n) is 12.8. The van der Waals surface area contributed by atoms with E-state index in [0.29, 0.717) is 31.2 Å². The van der Waals surface area contributed by atoms with Gasteiger partial charge >= 0.3 is 0 Å². The number of likely N-dealkylation sites (tertiary alicyclic amines) is 1. The molecule has 2 saturated heterocycles. The van der Waals surface area contributed by atoms with Crippen LogP contribution < -0.4 is 10.1 Å². The van der Waals surface area contributed by atoms with E-state index in [1.165, 1.54) is 29.3 Å². The van der Waals surface area contributed by atoms with E-state index in [4.69, 9.17) is 4.74 Å². The Hall–Kier alpha value is -3.65. The predicted octanol–water partition coefficient (Wildman–Crippen LogP) is 3.36. The summed E-state index contributed by atoms with van der Waals surface area (Å²) in [5.74, 6) is -0.0968. The average Bonchev–Trinajstić information content (AvgIpc) is 3.49. The summed E-state index contributed by atoms with van der Waals surface area (Å²) < 4.78 is 6.26. The highest BCUT2D eigenvalue weighted by atomic mass is 16.5. The van der Waals surface area contributed by atoms with Crippen LogP contribution in [0.1, 0.15) is 53.6 Å². The van der Waals surface area contributed by atoms with Gasteiger partial charge in [-0.15, -0.1) is 0 Å². The van der Waals surface area contributed by atoms with Crippen molar-refractivity contribution in [3.05, 3.63) is 65.4 Å². The molecule has 0 radical (unpaired) electrons. The van der Waals surface area contributed by atoms with E-state index in [2.05, 4.69) is 39.5 Å². The van der Waals surface area contributed by atoms with Crippen molar-refractivity contribution in [2.45, 2.75) is 57.3 Å². The van der Waals surface area contributed by atoms with E-state index in [-0.39, 0.29) is 18.2 Å². The average molecular weight is 487 g/mol. The number of amides is 3. The van der Waals surface area contributed by atoms with Gasteiger partial charge in [-0.25, -0.2) is 0 Å². The smallest absolute Gasteiger partial charge is 0.255 e. The summed E-state index contributed by atoms with van der Waals surface area (Å²) in [6, 6.07) is 13.8. The van der Waals surface area contributed by atoms with Crippen LogP contribution in [0.2, 0.25) is 0 Å². The number of benzene rings is 2. The highest BCUT2D eigenvalue weighted by Gasteiger charge is 2.39. The zero-order valence-corrected chi connectivity index (χ0v) is 20.2. The topological polar surface area (TPSA) is 94.7 Å². The molecule has 3 aliphatic rings. The maximum atomic E-state index is 12.9. The second-order valence-electron chi connectivity index (χ2n) is 10.0. The third kappa shape index (κ3) is 4.26. The molecule has 0 spiro atoms. The molecule has 0 aliphatic carbocycles. The van der Waals surface area contributed by atoms with Crippen LogP contribution in [0.15, 0.2) is 48.7 Å². The SMILES string of the molecule is O=C1CCC(N2Cc3cc(OC[C@H]4CCCCN4Cc4cccc5cc[nH]c45)ccc3C2=O)C(=O)N1. The van der Waals surface area contributed by atoms with Crippen molar-refractivity contribution in [3.8, 4) is 5.75 Å². The Balaban J connectivity index is 1.12. The number of imide groups is 1. The molecular formula is C28H30N4O4. The van der Waals surface area contributed by atoms with Gasteiger partial charge in [0.2, 0.25) is 11.8 Å². The van der Waals surface area contributed by atoms with Crippen LogP contribution in [-0.4, -0.2) is 57.7 Å². The number of hydrogen-bond acceptors (Lipinski definition) is 5. The Kier molecular flexibility index (Phi) is 5.97. The van der Waals surface area contributed by atoms with Crippen molar-refractivity contribution in [3.63, 3.8) is 0 Å². The fourth-order valence-corrected chi connectivity index (χ4v) is 5.79. The quantitative estimate of drug-likeness (QED) is 0.521. The van der Waals surface area contributed by atoms with Crippen LogP contribution in [-0.2, 0) is 22.7 Å². The van der Waals surface area contributed by atoms with Gasteiger partial charge in [-0.1, -0.05) is 24.6 Å². The number of piperidine rings is 2. The van der Waals surface area contributed by atoms with Crippen molar-refractivity contribution < 1.29 is 19.1 Å². The van der Waals surface area contributed by atoms with E-state index in [1.807, 2.05) is 18.3 Å². The van der Waals surface area contributed by atoms with Gasteiger partial charge in [-0.3, -0.25) is 24.6 Å². The van der Waals surface area contributed by atoms with Gasteiger partial charge in [-0.2, -0.15) is 0 Å². The van der Waals surface area contributed by atoms with Gasteiger partial charge in [0.15, 0.2) is 0 Å². The number of nitrogens with zero attached hydrogens (tertiary/aromatic N) is 2. The van der Waals surface area contributed by atoms with Gasteiger partial charge in [0.25, 0.3) is 5.91 Å². The molecule has 1 unspecified atom stereocenters. The monoisotopic (exact) mass is 486 g/mol. The van der Waals surface area contributed by atoms with Crippen LogP contribution in [0.3, 0.4) is 0 Å². The maximum absolute atomic E-state index is 12.9. The summed E-state index contributed by atoms with van der Waals surface area (Å²) in [7, 11) is 0. The Morgan fingerprint density at radius 3 is 2.83 bits per heavy atom. The summed E-state index contributed by atoms with van der Waals surface area (Å²) in [5.41, 5.74) is 3.96. The third-order valence-electron chi connectivity index (χ3n) is 7.73. The molecule has 3 aromatic rings. The van der Waals surface area contributed by atoms with E-state index in [1.54, 1.807) is 11.0 Å². The lowest BCUT2D eigenvalue weighted by Crippen LogP contribution is -2.52. The lowest BCUT2D eigenvalue weighted by atomic mass is 10.0. The normalized spacial score (nSPS) is 22.7. The largest absolute Gasteiger partial charge is 0.492 e. The highest BCUT2D eigenvalue weighted by molar-refractivity contribution is 6.05. The first-order chi connectivity index (χ1) is 17.6. The Morgan fingerprint density at radius 2 is 1.94 bits per heavy atom. The van der Waals surface area contributed by atoms with E-state index in [9.17, 15) is 14.4 Å². The minimum Gasteiger partial charge on any atom is -0.492 e. The van der Waals surface area contributed by atoms with Gasteiger partial charge in [-0.05, 0) is 66.6 Å². The Labute approximate surface area is 209 Å². The lowest BCUT2D eigenvalue weighted by molar-refractivity contribution is -0.136. The molecule has 3 aliphatic heterocycles. The summed E-state index contributed by atoms with van der Waals surface area (Å²) in [4.78, 5) is 44.2. The molecule has 8 nitrogen and oxygen atoms in total. The number of aromatic amines is 1. The number of rotatable bonds is 6. The molecular weight excluding hydrogens is 456 g/mol. The number of para-hydroxylation sites is 1. The molecule has 2 fully saturated rings. The molecule has 36 heavy (non-hydrogen) atoms. The number of fused-ring (bicyclic) bond motifs is 2. The van der Waals surface area contributed by atoms with E-state index >= 15 is 0 Å². The van der Waals surface area contributed by atoms with Crippen LogP contribution >= 0.6 is 0 Å². The summed E-state index contributed by atoms with van der Waals surface area (Å²) in [6.45, 7) is 2.87. The molecule has 186 valence electrons. The molecule has 1 aromatic heterocycles. The van der Waals surface area contributed by atoms with Gasteiger partial charge in [0, 0.05) is 42.8 Å². The number of ether oxygens (including phenoxy) is 1. The number of carbonyl (C=O) groups excluding carboxylic acids is 3. The molecule has 0 saturated carbocycles. The highest BCUT2D eigenvalue weighted by Crippen LogP contribution is 2.31. The second kappa shape index (κ2) is 9.43. The molecule has 2 aromatic carbocycles. The van der Waals surface area contributed by atoms with Crippen molar-refractivity contribution in [1.82, 2.24) is 20.1 Å². The van der Waals surface area contributed by atoms with Gasteiger partial charge in [0.1, 0.15) is 18.4 Å². The molecule has 3 amide bonds. The molecule has 2 atom stereocenters. The summed E-state index contributed by atoms with van der Waals surface area (Å²) in [5, 5.41) is 3.58. The van der Waals surface area contributed by atoms with Crippen LogP contribution in [0, 0.1) is 0 Å². The third-order valence-corrected chi connectivity index (χ3v) is 7.73. The first-order valence-corrected chi connectivity index (χ1v) is 12.8. The summed E-state index contributed by atoms with van der Waals surface area (Å²) in [6.07, 6.45) is 6.08. The van der Waals surface area contributed by atoms with Crippen LogP contribution in [0.4, 0.5) is 0 Å². The number of H-pyrrole nitrogens is 1. The number of carbonyl (C=O) groups is 3. The van der Waals surface area contributed by atoms with Crippen molar-refractivity contribution in [1.29, 1.82) is 0 Å². The molecule has 2 N–H and O–H groups in total. The molecule has 4 heterocycles. The first kappa shape index (κ1) is 22.8. The number of nitrogens with one attached hydrogen (secondary N) is 2. The number of hydrogen-bond donors (Lipinski definition) is 2. The van der Waals surface area contributed by atoms with Crippen molar-refractivity contribution in [2.24, 2.45) is 0 Å². The Morgan fingerprint density at radius 1 is 1.03 bits per heavy atom. The minimum atomic E-state index is -0.605. The van der Waals surface area contributed by atoms with Crippen LogP contribution in [0.5, 0.6) is 5.75 Å². The van der Waals surface area contributed by atoms with E-state index in [0.717, 1.165) is 30.8 Å². The zero-order valence-electron chi connectivity index (χ0n) is 20.2. The van der Waals surface area contributed by atoms with Gasteiger partial charge < -0.3 is 14.6 Å². The fraction of sp³-hybridized carbons (Fsp3) is 0.393. The second-order valence-corrected chi connectivity index (χ2v) is 10.0. The van der Waals surface area contributed by atoms with Crippen molar-refractivity contribution >= 4 is 28.6 Å². The fourth-order valence-electron chi connectivity index (χ4n) is 5.79. The standard InChI is InChI=1S/C28H30N4O4/c33-25-10-9-24(27(34)30-25)32-16-20-14-22(7-8-23(20)28(32)35)36-17-21-6-1-2-13-31(21)15-19-5-3-4-18-11-12-29-26(18)19/h3-5,7-8,11-12,14,21,24,29H,1-2,6,9-10,13,15-17H2,(H,30,33,34)/t21-,24?/m1/s1. The van der Waals surface area contributed by atoms with Crippen LogP contribution in [0.25, 0.3) is 10.9 Å². The lowest BCUT2D eigenvalue weighted by Gasteiger charge is -2.35. The maximum Gasteiger partial charge on any atom is 0.255 e. The summed E-state index contributed by atoms with van der Waals surface area (Å²) >= 11 is 0. The predicted molar refractivity (Wildman–Crippen MR) is 134 cm³/mol. The molecule has 8 heteroatoms. The minimum absolute atomic E-state index is 0.164. The Bertz CT molecular complexity index is 1330. The van der Waals surface area contributed by atoms with E-state index < -0.39 is 11.9 Å². The zero-order chi connectivity index (χ0) is 24.6.